The first-order valence-electron chi connectivity index (χ1n) is 6.51. The van der Waals surface area contributed by atoms with E-state index in [0.717, 1.165) is 12.1 Å². The van der Waals surface area contributed by atoms with Gasteiger partial charge in [-0.25, -0.2) is 4.39 Å². The molecule has 2 nitrogen and oxygen atoms in total. The first kappa shape index (κ1) is 13.8. The van der Waals surface area contributed by atoms with Crippen LogP contribution < -0.4 is 10.1 Å². The zero-order chi connectivity index (χ0) is 14.1. The number of hydrogen-bond acceptors (Lipinski definition) is 4. The van der Waals surface area contributed by atoms with E-state index < -0.39 is 0 Å². The van der Waals surface area contributed by atoms with Gasteiger partial charge in [0.15, 0.2) is 0 Å². The number of fused-ring (bicyclic) bond motifs is 1. The van der Waals surface area contributed by atoms with Crippen LogP contribution in [-0.2, 0) is 0 Å². The Balaban J connectivity index is 1.89. The minimum Gasteiger partial charge on any atom is -0.494 e. The average molecular weight is 309 g/mol. The lowest BCUT2D eigenvalue weighted by molar-refractivity contribution is 0.412. The molecule has 2 heterocycles. The maximum Gasteiger partial charge on any atom is 0.144 e. The van der Waals surface area contributed by atoms with E-state index >= 15 is 0 Å². The third-order valence-corrected chi connectivity index (χ3v) is 5.75. The number of methoxy groups -OCH3 is 1. The molecule has 1 unspecified atom stereocenters. The Bertz CT molecular complexity index is 614. The Morgan fingerprint density at radius 2 is 2.20 bits per heavy atom. The zero-order valence-electron chi connectivity index (χ0n) is 11.4. The van der Waals surface area contributed by atoms with Crippen LogP contribution in [-0.4, -0.2) is 12.4 Å². The van der Waals surface area contributed by atoms with E-state index in [-0.39, 0.29) is 11.9 Å². The molecule has 0 bridgehead atoms. The summed E-state index contributed by atoms with van der Waals surface area (Å²) in [6.45, 7) is 2.24. The van der Waals surface area contributed by atoms with Crippen molar-refractivity contribution in [3.63, 3.8) is 0 Å². The summed E-state index contributed by atoms with van der Waals surface area (Å²) in [6.07, 6.45) is 1.05. The van der Waals surface area contributed by atoms with E-state index in [0.29, 0.717) is 11.0 Å². The van der Waals surface area contributed by atoms with Crippen molar-refractivity contribution in [3.8, 4) is 5.75 Å². The van der Waals surface area contributed by atoms with Crippen LogP contribution in [0.25, 0.3) is 0 Å². The van der Waals surface area contributed by atoms with E-state index in [2.05, 4.69) is 23.7 Å². The van der Waals surface area contributed by atoms with E-state index in [9.17, 15) is 4.39 Å². The number of thioether (sulfide) groups is 1. The lowest BCUT2D eigenvalue weighted by Crippen LogP contribution is -2.19. The van der Waals surface area contributed by atoms with Gasteiger partial charge in [-0.1, -0.05) is 6.92 Å². The molecule has 2 atom stereocenters. The van der Waals surface area contributed by atoms with Gasteiger partial charge in [0.2, 0.25) is 0 Å². The second-order valence-electron chi connectivity index (χ2n) is 4.87. The average Bonchev–Trinajstić information content (AvgIpc) is 2.88. The standard InChI is InChI=1S/C15H16FNOS2/c1-9-7-13(11-5-6-19-15(11)20-9)17-12-4-3-10(16)8-14(12)18-2/h3-6,8-9,13,17H,7H2,1-2H3/t9-,13?/m0/s1. The summed E-state index contributed by atoms with van der Waals surface area (Å²) in [5.41, 5.74) is 2.18. The fourth-order valence-electron chi connectivity index (χ4n) is 2.46. The molecule has 1 aromatic heterocycles. The van der Waals surface area contributed by atoms with Crippen molar-refractivity contribution >= 4 is 28.8 Å². The summed E-state index contributed by atoms with van der Waals surface area (Å²) >= 11 is 3.72. The van der Waals surface area contributed by atoms with Crippen molar-refractivity contribution < 1.29 is 9.13 Å². The second-order valence-corrected chi connectivity index (χ2v) is 7.49. The van der Waals surface area contributed by atoms with Gasteiger partial charge in [0.1, 0.15) is 11.6 Å². The van der Waals surface area contributed by atoms with E-state index in [1.807, 2.05) is 11.8 Å². The monoisotopic (exact) mass is 309 g/mol. The Morgan fingerprint density at radius 3 is 3.00 bits per heavy atom. The molecular formula is C15H16FNOS2. The quantitative estimate of drug-likeness (QED) is 0.868. The zero-order valence-corrected chi connectivity index (χ0v) is 13.0. The van der Waals surface area contributed by atoms with Crippen LogP contribution in [0.3, 0.4) is 0 Å². The number of anilines is 1. The first-order chi connectivity index (χ1) is 9.67. The molecule has 20 heavy (non-hydrogen) atoms. The van der Waals surface area contributed by atoms with Crippen molar-refractivity contribution in [2.24, 2.45) is 0 Å². The van der Waals surface area contributed by atoms with E-state index in [1.165, 1.54) is 21.9 Å². The number of hydrogen-bond donors (Lipinski definition) is 1. The van der Waals surface area contributed by atoms with Gasteiger partial charge in [-0.3, -0.25) is 0 Å². The SMILES string of the molecule is COc1cc(F)ccc1NC1C[C@H](C)Sc2sccc21. The molecule has 0 amide bonds. The van der Waals surface area contributed by atoms with Gasteiger partial charge in [0, 0.05) is 11.3 Å². The van der Waals surface area contributed by atoms with Gasteiger partial charge in [0.05, 0.1) is 23.0 Å². The molecule has 5 heteroatoms. The Labute approximate surface area is 126 Å². The van der Waals surface area contributed by atoms with E-state index in [1.54, 1.807) is 24.5 Å². The van der Waals surface area contributed by atoms with Crippen molar-refractivity contribution in [3.05, 3.63) is 41.0 Å². The van der Waals surface area contributed by atoms with Crippen molar-refractivity contribution in [1.82, 2.24) is 0 Å². The Hall–Kier alpha value is -1.20. The molecular weight excluding hydrogens is 293 g/mol. The summed E-state index contributed by atoms with van der Waals surface area (Å²) < 4.78 is 19.9. The highest BCUT2D eigenvalue weighted by Gasteiger charge is 2.26. The van der Waals surface area contributed by atoms with E-state index in [4.69, 9.17) is 4.74 Å². The number of rotatable bonds is 3. The van der Waals surface area contributed by atoms with Crippen LogP contribution >= 0.6 is 23.1 Å². The van der Waals surface area contributed by atoms with Crippen molar-refractivity contribution in [2.75, 3.05) is 12.4 Å². The van der Waals surface area contributed by atoms with Crippen molar-refractivity contribution in [1.29, 1.82) is 0 Å². The summed E-state index contributed by atoms with van der Waals surface area (Å²) in [5.74, 6) is 0.267. The van der Waals surface area contributed by atoms with Crippen LogP contribution in [0.5, 0.6) is 5.75 Å². The third-order valence-electron chi connectivity index (χ3n) is 3.40. The predicted molar refractivity (Wildman–Crippen MR) is 83.6 cm³/mol. The van der Waals surface area contributed by atoms with Crippen LogP contribution in [0.1, 0.15) is 24.9 Å². The molecule has 106 valence electrons. The molecule has 2 aromatic rings. The highest BCUT2D eigenvalue weighted by Crippen LogP contribution is 2.45. The summed E-state index contributed by atoms with van der Waals surface area (Å²) in [6, 6.07) is 7.05. The van der Waals surface area contributed by atoms with Crippen molar-refractivity contribution in [2.45, 2.75) is 28.8 Å². The molecule has 0 saturated carbocycles. The number of halogens is 1. The molecule has 0 aliphatic carbocycles. The fourth-order valence-corrected chi connectivity index (χ4v) is 5.02. The highest BCUT2D eigenvalue weighted by atomic mass is 32.2. The maximum absolute atomic E-state index is 13.3. The molecule has 3 rings (SSSR count). The number of benzene rings is 1. The Kier molecular flexibility index (Phi) is 3.89. The minimum absolute atomic E-state index is 0.256. The summed E-state index contributed by atoms with van der Waals surface area (Å²) in [4.78, 5) is 0. The highest BCUT2D eigenvalue weighted by molar-refractivity contribution is 8.01. The molecule has 0 fully saturated rings. The molecule has 1 aromatic carbocycles. The summed E-state index contributed by atoms with van der Waals surface area (Å²) in [5, 5.41) is 6.21. The van der Waals surface area contributed by atoms with Gasteiger partial charge in [-0.15, -0.1) is 23.1 Å². The molecule has 1 aliphatic heterocycles. The van der Waals surface area contributed by atoms with Crippen LogP contribution in [0.2, 0.25) is 0 Å². The lowest BCUT2D eigenvalue weighted by Gasteiger charge is -2.28. The summed E-state index contributed by atoms with van der Waals surface area (Å²) in [7, 11) is 1.56. The largest absolute Gasteiger partial charge is 0.494 e. The number of ether oxygens (including phenoxy) is 1. The van der Waals surface area contributed by atoms with Gasteiger partial charge < -0.3 is 10.1 Å². The molecule has 0 spiro atoms. The lowest BCUT2D eigenvalue weighted by atomic mass is 10.0. The first-order valence-corrected chi connectivity index (χ1v) is 8.27. The fraction of sp³-hybridized carbons (Fsp3) is 0.333. The number of thiophene rings is 1. The number of nitrogens with one attached hydrogen (secondary N) is 1. The smallest absolute Gasteiger partial charge is 0.144 e. The van der Waals surface area contributed by atoms with Gasteiger partial charge in [-0.2, -0.15) is 0 Å². The molecule has 0 radical (unpaired) electrons. The normalized spacial score (nSPS) is 21.4. The predicted octanol–water partition coefficient (Wildman–Crippen LogP) is 4.93. The molecule has 0 saturated heterocycles. The third kappa shape index (κ3) is 2.65. The Morgan fingerprint density at radius 1 is 1.35 bits per heavy atom. The van der Waals surface area contributed by atoms with Crippen LogP contribution in [0.15, 0.2) is 33.9 Å². The van der Waals surface area contributed by atoms with Gasteiger partial charge >= 0.3 is 0 Å². The molecule has 1 aliphatic rings. The van der Waals surface area contributed by atoms with Crippen LogP contribution in [0, 0.1) is 5.82 Å². The second kappa shape index (κ2) is 5.66. The van der Waals surface area contributed by atoms with Gasteiger partial charge in [-0.05, 0) is 35.6 Å². The maximum atomic E-state index is 13.3. The topological polar surface area (TPSA) is 21.3 Å². The van der Waals surface area contributed by atoms with Crippen LogP contribution in [0.4, 0.5) is 10.1 Å². The van der Waals surface area contributed by atoms with Gasteiger partial charge in [0.25, 0.3) is 0 Å². The molecule has 1 N–H and O–H groups in total. The minimum atomic E-state index is -0.281.